The van der Waals surface area contributed by atoms with Crippen LogP contribution in [0.2, 0.25) is 0 Å². The molecule has 0 spiro atoms. The summed E-state index contributed by atoms with van der Waals surface area (Å²) in [5, 5.41) is 1.58. The molecule has 6 nitrogen and oxygen atoms in total. The fourth-order valence-electron chi connectivity index (χ4n) is 2.51. The molecule has 0 saturated carbocycles. The Morgan fingerprint density at radius 3 is 2.31 bits per heavy atom. The number of hydrogen-bond donors (Lipinski definition) is 0. The molecule has 0 aliphatic carbocycles. The molecule has 6 heteroatoms. The van der Waals surface area contributed by atoms with E-state index in [1.54, 1.807) is 13.0 Å². The molecule has 2 aliphatic heterocycles. The average Bonchev–Trinajstić information content (AvgIpc) is 3.54. The van der Waals surface area contributed by atoms with Gasteiger partial charge < -0.3 is 23.7 Å². The number of epoxide rings is 2. The van der Waals surface area contributed by atoms with Crippen molar-refractivity contribution in [1.29, 1.82) is 0 Å². The van der Waals surface area contributed by atoms with Gasteiger partial charge >= 0.3 is 5.97 Å². The highest BCUT2D eigenvalue weighted by Gasteiger charge is 2.27. The average molecular weight is 356 g/mol. The summed E-state index contributed by atoms with van der Waals surface area (Å²) < 4.78 is 27.8. The van der Waals surface area contributed by atoms with Crippen LogP contribution in [0.4, 0.5) is 0 Å². The number of benzene rings is 2. The summed E-state index contributed by atoms with van der Waals surface area (Å²) in [5.74, 6) is 1.07. The Kier molecular flexibility index (Phi) is 4.53. The number of hydrogen-bond acceptors (Lipinski definition) is 6. The molecule has 2 saturated heterocycles. The van der Waals surface area contributed by atoms with Crippen molar-refractivity contribution in [3.8, 4) is 17.2 Å². The maximum atomic E-state index is 12.0. The second-order valence-electron chi connectivity index (χ2n) is 6.45. The monoisotopic (exact) mass is 356 g/mol. The van der Waals surface area contributed by atoms with Gasteiger partial charge in [0.05, 0.1) is 13.2 Å². The van der Waals surface area contributed by atoms with E-state index < -0.39 is 5.97 Å². The number of carbonyl (C=O) groups excluding carboxylic acids is 1. The first-order valence-corrected chi connectivity index (χ1v) is 8.54. The molecule has 0 N–H and O–H groups in total. The predicted molar refractivity (Wildman–Crippen MR) is 94.9 cm³/mol. The normalized spacial score (nSPS) is 20.5. The molecular weight excluding hydrogens is 336 g/mol. The van der Waals surface area contributed by atoms with Crippen molar-refractivity contribution in [3.05, 3.63) is 42.5 Å². The summed E-state index contributed by atoms with van der Waals surface area (Å²) in [5.41, 5.74) is 0.328. The summed E-state index contributed by atoms with van der Waals surface area (Å²) in [7, 11) is 0. The summed E-state index contributed by atoms with van der Waals surface area (Å²) in [6.07, 6.45) is 0.219. The van der Waals surface area contributed by atoms with Gasteiger partial charge in [-0.3, -0.25) is 0 Å². The summed E-state index contributed by atoms with van der Waals surface area (Å²) in [4.78, 5) is 12.0. The number of carbonyl (C=O) groups is 1. The minimum absolute atomic E-state index is 0.0995. The second kappa shape index (κ2) is 6.97. The van der Waals surface area contributed by atoms with Gasteiger partial charge in [0.15, 0.2) is 11.5 Å². The van der Waals surface area contributed by atoms with Crippen LogP contribution in [0, 0.1) is 0 Å². The molecule has 2 aliphatic rings. The van der Waals surface area contributed by atoms with Crippen LogP contribution < -0.4 is 14.2 Å². The summed E-state index contributed by atoms with van der Waals surface area (Å²) >= 11 is 0. The molecule has 26 heavy (non-hydrogen) atoms. The van der Waals surface area contributed by atoms with E-state index in [1.165, 1.54) is 0 Å². The molecule has 2 heterocycles. The van der Waals surface area contributed by atoms with Crippen LogP contribution in [0.1, 0.15) is 6.92 Å². The molecule has 0 bridgehead atoms. The Balaban J connectivity index is 1.73. The van der Waals surface area contributed by atoms with E-state index in [2.05, 4.69) is 6.58 Å². The van der Waals surface area contributed by atoms with E-state index in [-0.39, 0.29) is 12.2 Å². The van der Waals surface area contributed by atoms with Gasteiger partial charge in [0.1, 0.15) is 31.2 Å². The van der Waals surface area contributed by atoms with E-state index in [1.807, 2.05) is 24.3 Å². The lowest BCUT2D eigenvalue weighted by Crippen LogP contribution is -2.11. The third kappa shape index (κ3) is 3.81. The SMILES string of the molecule is C=C(C)C(=O)Oc1cc(OCC2CO2)c(OCC2CO2)c2ccccc12. The van der Waals surface area contributed by atoms with Crippen molar-refractivity contribution in [1.82, 2.24) is 0 Å². The largest absolute Gasteiger partial charge is 0.487 e. The van der Waals surface area contributed by atoms with E-state index >= 15 is 0 Å². The van der Waals surface area contributed by atoms with Gasteiger partial charge in [-0.25, -0.2) is 4.79 Å². The minimum Gasteiger partial charge on any atom is -0.487 e. The summed E-state index contributed by atoms with van der Waals surface area (Å²) in [6, 6.07) is 9.27. The molecule has 0 aromatic heterocycles. The minimum atomic E-state index is -0.480. The van der Waals surface area contributed by atoms with Gasteiger partial charge in [0.2, 0.25) is 0 Å². The molecule has 2 atom stereocenters. The maximum Gasteiger partial charge on any atom is 0.338 e. The zero-order chi connectivity index (χ0) is 18.1. The first kappa shape index (κ1) is 16.9. The Labute approximate surface area is 151 Å². The third-order valence-corrected chi connectivity index (χ3v) is 4.12. The van der Waals surface area contributed by atoms with Gasteiger partial charge in [0, 0.05) is 22.4 Å². The number of esters is 1. The molecule has 4 rings (SSSR count). The van der Waals surface area contributed by atoms with Crippen molar-refractivity contribution in [3.63, 3.8) is 0 Å². The number of fused-ring (bicyclic) bond motifs is 1. The van der Waals surface area contributed by atoms with Crippen LogP contribution in [0.3, 0.4) is 0 Å². The van der Waals surface area contributed by atoms with Crippen LogP contribution in [0.15, 0.2) is 42.5 Å². The van der Waals surface area contributed by atoms with Gasteiger partial charge in [-0.1, -0.05) is 30.8 Å². The Hall–Kier alpha value is -2.57. The lowest BCUT2D eigenvalue weighted by atomic mass is 10.1. The second-order valence-corrected chi connectivity index (χ2v) is 6.45. The Morgan fingerprint density at radius 2 is 1.69 bits per heavy atom. The number of ether oxygens (including phenoxy) is 5. The zero-order valence-electron chi connectivity index (χ0n) is 14.5. The van der Waals surface area contributed by atoms with Crippen molar-refractivity contribution >= 4 is 16.7 Å². The smallest absolute Gasteiger partial charge is 0.338 e. The van der Waals surface area contributed by atoms with Crippen molar-refractivity contribution in [2.75, 3.05) is 26.4 Å². The molecular formula is C20H20O6. The Bertz CT molecular complexity index is 851. The molecule has 2 aromatic rings. The van der Waals surface area contributed by atoms with E-state index in [0.717, 1.165) is 10.8 Å². The van der Waals surface area contributed by atoms with E-state index in [9.17, 15) is 4.79 Å². The van der Waals surface area contributed by atoms with E-state index in [0.29, 0.717) is 49.2 Å². The first-order valence-electron chi connectivity index (χ1n) is 8.54. The quantitative estimate of drug-likeness (QED) is 0.313. The molecule has 0 radical (unpaired) electrons. The van der Waals surface area contributed by atoms with Crippen LogP contribution in [-0.4, -0.2) is 44.6 Å². The lowest BCUT2D eigenvalue weighted by Gasteiger charge is -2.17. The molecule has 2 fully saturated rings. The van der Waals surface area contributed by atoms with Crippen LogP contribution in [-0.2, 0) is 14.3 Å². The fourth-order valence-corrected chi connectivity index (χ4v) is 2.51. The van der Waals surface area contributed by atoms with Crippen molar-refractivity contribution in [2.45, 2.75) is 19.1 Å². The maximum absolute atomic E-state index is 12.0. The van der Waals surface area contributed by atoms with Gasteiger partial charge in [0.25, 0.3) is 0 Å². The van der Waals surface area contributed by atoms with Crippen LogP contribution >= 0.6 is 0 Å². The highest BCUT2D eigenvalue weighted by Crippen LogP contribution is 2.42. The van der Waals surface area contributed by atoms with Crippen LogP contribution in [0.25, 0.3) is 10.8 Å². The van der Waals surface area contributed by atoms with Crippen LogP contribution in [0.5, 0.6) is 17.2 Å². The molecule has 2 aromatic carbocycles. The Morgan fingerprint density at radius 1 is 1.08 bits per heavy atom. The first-order chi connectivity index (χ1) is 12.6. The molecule has 2 unspecified atom stereocenters. The molecule has 0 amide bonds. The lowest BCUT2D eigenvalue weighted by molar-refractivity contribution is -0.129. The standard InChI is InChI=1S/C20H20O6/c1-12(2)20(21)26-17-7-18(24-10-13-8-22-13)19(25-11-14-9-23-14)16-6-4-3-5-15(16)17/h3-7,13-14H,1,8-11H2,2H3. The fraction of sp³-hybridized carbons (Fsp3) is 0.350. The number of rotatable bonds is 8. The summed E-state index contributed by atoms with van der Waals surface area (Å²) in [6.45, 7) is 7.51. The zero-order valence-corrected chi connectivity index (χ0v) is 14.5. The van der Waals surface area contributed by atoms with Gasteiger partial charge in [-0.2, -0.15) is 0 Å². The molecule has 136 valence electrons. The van der Waals surface area contributed by atoms with Gasteiger partial charge in [-0.15, -0.1) is 0 Å². The third-order valence-electron chi connectivity index (χ3n) is 4.12. The topological polar surface area (TPSA) is 69.8 Å². The highest BCUT2D eigenvalue weighted by molar-refractivity contribution is 5.98. The van der Waals surface area contributed by atoms with Crippen molar-refractivity contribution < 1.29 is 28.5 Å². The highest BCUT2D eigenvalue weighted by atomic mass is 16.6. The van der Waals surface area contributed by atoms with Gasteiger partial charge in [-0.05, 0) is 6.92 Å². The van der Waals surface area contributed by atoms with E-state index in [4.69, 9.17) is 23.7 Å². The predicted octanol–water partition coefficient (Wildman–Crippen LogP) is 2.88. The van der Waals surface area contributed by atoms with Crippen molar-refractivity contribution in [2.24, 2.45) is 0 Å².